The highest BCUT2D eigenvalue weighted by molar-refractivity contribution is 6.09. The zero-order chi connectivity index (χ0) is 28.1. The zero-order valence-electron chi connectivity index (χ0n) is 22.7. The minimum Gasteiger partial charge on any atom is -0.496 e. The van der Waals surface area contributed by atoms with Gasteiger partial charge in [-0.1, -0.05) is 35.9 Å². The van der Waals surface area contributed by atoms with E-state index in [1.165, 1.54) is 9.80 Å². The molecule has 1 N–H and O–H groups in total. The van der Waals surface area contributed by atoms with Crippen LogP contribution in [0.2, 0.25) is 0 Å². The maximum Gasteiger partial charge on any atom is 0.270 e. The molecule has 2 aliphatic heterocycles. The standard InChI is InChI=1S/C30H31N5O4/c1-18(2)13-25(33(3)27(36)23-14-20-22(32-23)10-8-12-26(20)39-5)28(37)35-17-30(15-19(35)16-31)21-9-6-7-11-24(21)34(4)29(30)38/h6-14,19,25,32H,15,17H2,1-5H3/t19-,25-,30-/m0/s1. The van der Waals surface area contributed by atoms with Crippen LogP contribution in [0.25, 0.3) is 10.9 Å². The Labute approximate surface area is 227 Å². The fourth-order valence-electron chi connectivity index (χ4n) is 5.89. The number of nitrogens with one attached hydrogen (secondary N) is 1. The molecule has 2 aliphatic rings. The Kier molecular flexibility index (Phi) is 6.43. The van der Waals surface area contributed by atoms with E-state index < -0.39 is 23.4 Å². The third kappa shape index (κ3) is 4.04. The molecule has 200 valence electrons. The van der Waals surface area contributed by atoms with Crippen LogP contribution in [0.5, 0.6) is 5.75 Å². The molecule has 1 aromatic heterocycles. The smallest absolute Gasteiger partial charge is 0.270 e. The second-order valence-electron chi connectivity index (χ2n) is 10.5. The summed E-state index contributed by atoms with van der Waals surface area (Å²) in [5.74, 6) is -0.278. The number of H-pyrrole nitrogens is 1. The van der Waals surface area contributed by atoms with Gasteiger partial charge >= 0.3 is 0 Å². The second-order valence-corrected chi connectivity index (χ2v) is 10.5. The molecule has 2 aromatic carbocycles. The van der Waals surface area contributed by atoms with E-state index in [1.54, 1.807) is 38.2 Å². The Hall–Kier alpha value is -4.58. The van der Waals surface area contributed by atoms with Crippen molar-refractivity contribution >= 4 is 34.3 Å². The minimum atomic E-state index is -0.993. The van der Waals surface area contributed by atoms with Gasteiger partial charge in [-0.15, -0.1) is 0 Å². The van der Waals surface area contributed by atoms with E-state index in [0.29, 0.717) is 11.4 Å². The lowest BCUT2D eigenvalue weighted by Crippen LogP contribution is -2.51. The van der Waals surface area contributed by atoms with Crippen LogP contribution >= 0.6 is 0 Å². The van der Waals surface area contributed by atoms with Crippen molar-refractivity contribution in [3.63, 3.8) is 0 Å². The van der Waals surface area contributed by atoms with Crippen LogP contribution < -0.4 is 9.64 Å². The maximum atomic E-state index is 14.1. The number of para-hydroxylation sites is 1. The summed E-state index contributed by atoms with van der Waals surface area (Å²) in [5.41, 5.74) is 2.51. The molecule has 1 fully saturated rings. The number of fused-ring (bicyclic) bond motifs is 3. The van der Waals surface area contributed by atoms with Gasteiger partial charge in [0.25, 0.3) is 11.8 Å². The Bertz CT molecular complexity index is 1560. The number of anilines is 1. The minimum absolute atomic E-state index is 0.0724. The third-order valence-electron chi connectivity index (χ3n) is 7.84. The lowest BCUT2D eigenvalue weighted by molar-refractivity contribution is -0.134. The molecule has 0 bridgehead atoms. The van der Waals surface area contributed by atoms with E-state index in [4.69, 9.17) is 4.74 Å². The van der Waals surface area contributed by atoms with Gasteiger partial charge < -0.3 is 24.4 Å². The predicted molar refractivity (Wildman–Crippen MR) is 147 cm³/mol. The van der Waals surface area contributed by atoms with Crippen LogP contribution in [0.1, 0.15) is 36.3 Å². The molecule has 0 unspecified atom stereocenters. The van der Waals surface area contributed by atoms with Crippen molar-refractivity contribution in [3.05, 3.63) is 71.4 Å². The van der Waals surface area contributed by atoms with E-state index >= 15 is 0 Å². The molecule has 0 radical (unpaired) electrons. The van der Waals surface area contributed by atoms with Gasteiger partial charge in [0.05, 0.1) is 18.6 Å². The number of aromatic nitrogens is 1. The number of rotatable bonds is 5. The molecule has 5 rings (SSSR count). The molecule has 1 spiro atoms. The topological polar surface area (TPSA) is 110 Å². The summed E-state index contributed by atoms with van der Waals surface area (Å²) >= 11 is 0. The molecule has 1 saturated heterocycles. The fraction of sp³-hybridized carbons (Fsp3) is 0.333. The molecule has 39 heavy (non-hydrogen) atoms. The van der Waals surface area contributed by atoms with Crippen molar-refractivity contribution in [2.45, 2.75) is 37.8 Å². The molecule has 3 amide bonds. The first-order valence-electron chi connectivity index (χ1n) is 12.8. The van der Waals surface area contributed by atoms with E-state index in [1.807, 2.05) is 56.3 Å². The number of carbonyl (C=O) groups is 3. The van der Waals surface area contributed by atoms with Gasteiger partial charge in [-0.05, 0) is 43.7 Å². The van der Waals surface area contributed by atoms with Crippen LogP contribution in [0, 0.1) is 11.3 Å². The quantitative estimate of drug-likeness (QED) is 0.512. The van der Waals surface area contributed by atoms with Crippen molar-refractivity contribution in [2.75, 3.05) is 32.6 Å². The van der Waals surface area contributed by atoms with Crippen LogP contribution in [0.3, 0.4) is 0 Å². The largest absolute Gasteiger partial charge is 0.496 e. The first-order chi connectivity index (χ1) is 18.6. The Balaban J connectivity index is 1.49. The summed E-state index contributed by atoms with van der Waals surface area (Å²) in [4.78, 5) is 48.9. The zero-order valence-corrected chi connectivity index (χ0v) is 22.7. The Morgan fingerprint density at radius 1 is 1.23 bits per heavy atom. The number of ether oxygens (including phenoxy) is 1. The molecule has 9 nitrogen and oxygen atoms in total. The SMILES string of the molecule is COc1cccc2[nH]c(C(=O)N(C)[C@@H](C=C(C)C)C(=O)N3C[C@]4(C[C@H]3C#N)C(=O)N(C)c3ccccc34)cc12. The number of carbonyl (C=O) groups excluding carboxylic acids is 3. The number of benzene rings is 2. The van der Waals surface area contributed by atoms with Gasteiger partial charge in [-0.25, -0.2) is 0 Å². The van der Waals surface area contributed by atoms with Crippen molar-refractivity contribution < 1.29 is 19.1 Å². The number of methoxy groups -OCH3 is 1. The number of allylic oxidation sites excluding steroid dienone is 1. The summed E-state index contributed by atoms with van der Waals surface area (Å²) in [6.07, 6.45) is 1.93. The molecular weight excluding hydrogens is 494 g/mol. The first kappa shape index (κ1) is 26.0. The van der Waals surface area contributed by atoms with E-state index in [-0.39, 0.29) is 24.8 Å². The van der Waals surface area contributed by atoms with Gasteiger partial charge in [0, 0.05) is 43.7 Å². The summed E-state index contributed by atoms with van der Waals surface area (Å²) < 4.78 is 5.42. The van der Waals surface area contributed by atoms with Crippen LogP contribution in [-0.2, 0) is 15.0 Å². The van der Waals surface area contributed by atoms with Crippen LogP contribution in [-0.4, -0.2) is 72.3 Å². The highest BCUT2D eigenvalue weighted by Crippen LogP contribution is 2.48. The molecule has 3 heterocycles. The van der Waals surface area contributed by atoms with Crippen LogP contribution in [0.4, 0.5) is 5.69 Å². The van der Waals surface area contributed by atoms with Crippen molar-refractivity contribution in [3.8, 4) is 11.8 Å². The number of likely N-dealkylation sites (N-methyl/N-ethyl adjacent to an activating group) is 2. The summed E-state index contributed by atoms with van der Waals surface area (Å²) in [7, 11) is 4.86. The van der Waals surface area contributed by atoms with Gasteiger partial charge in [0.2, 0.25) is 5.91 Å². The lowest BCUT2D eigenvalue weighted by atomic mass is 9.79. The predicted octanol–water partition coefficient (Wildman–Crippen LogP) is 3.62. The molecule has 3 atom stereocenters. The number of amides is 3. The molecular formula is C30H31N5O4. The number of nitrogens with zero attached hydrogens (tertiary/aromatic N) is 4. The number of hydrogen-bond acceptors (Lipinski definition) is 5. The third-order valence-corrected chi connectivity index (χ3v) is 7.84. The molecule has 0 saturated carbocycles. The number of aromatic amines is 1. The first-order valence-corrected chi connectivity index (χ1v) is 12.8. The monoisotopic (exact) mass is 525 g/mol. The number of likely N-dealkylation sites (tertiary alicyclic amines) is 1. The average molecular weight is 526 g/mol. The Morgan fingerprint density at radius 2 is 1.97 bits per heavy atom. The number of nitriles is 1. The average Bonchev–Trinajstić information content (AvgIpc) is 3.61. The van der Waals surface area contributed by atoms with Crippen molar-refractivity contribution in [1.82, 2.24) is 14.8 Å². The van der Waals surface area contributed by atoms with Gasteiger partial charge in [0.1, 0.15) is 23.5 Å². The molecule has 3 aromatic rings. The summed E-state index contributed by atoms with van der Waals surface area (Å²) in [6, 6.07) is 15.2. The van der Waals surface area contributed by atoms with Crippen molar-refractivity contribution in [2.24, 2.45) is 0 Å². The molecule has 0 aliphatic carbocycles. The second kappa shape index (κ2) is 9.62. The van der Waals surface area contributed by atoms with Gasteiger partial charge in [-0.3, -0.25) is 14.4 Å². The van der Waals surface area contributed by atoms with Gasteiger partial charge in [0.15, 0.2) is 0 Å². The van der Waals surface area contributed by atoms with E-state index in [2.05, 4.69) is 11.1 Å². The number of hydrogen-bond donors (Lipinski definition) is 1. The molecule has 9 heteroatoms. The van der Waals surface area contributed by atoms with E-state index in [9.17, 15) is 19.6 Å². The van der Waals surface area contributed by atoms with Crippen molar-refractivity contribution in [1.29, 1.82) is 5.26 Å². The lowest BCUT2D eigenvalue weighted by Gasteiger charge is -2.31. The Morgan fingerprint density at radius 3 is 2.67 bits per heavy atom. The summed E-state index contributed by atoms with van der Waals surface area (Å²) in [6.45, 7) is 3.78. The highest BCUT2D eigenvalue weighted by atomic mass is 16.5. The highest BCUT2D eigenvalue weighted by Gasteiger charge is 2.58. The normalized spacial score (nSPS) is 20.6. The van der Waals surface area contributed by atoms with Gasteiger partial charge in [-0.2, -0.15) is 5.26 Å². The van der Waals surface area contributed by atoms with Crippen LogP contribution in [0.15, 0.2) is 60.2 Å². The maximum absolute atomic E-state index is 14.1. The van der Waals surface area contributed by atoms with E-state index in [0.717, 1.165) is 27.7 Å². The summed E-state index contributed by atoms with van der Waals surface area (Å²) in [5, 5.41) is 10.8. The fourth-order valence-corrected chi connectivity index (χ4v) is 5.89.